The Morgan fingerprint density at radius 3 is 3.00 bits per heavy atom. The summed E-state index contributed by atoms with van der Waals surface area (Å²) in [5, 5.41) is 4.56. The highest BCUT2D eigenvalue weighted by Gasteiger charge is 2.32. The summed E-state index contributed by atoms with van der Waals surface area (Å²) in [6.07, 6.45) is 1.86. The number of fused-ring (bicyclic) bond motifs is 1. The molecule has 5 nitrogen and oxygen atoms in total. The molecule has 1 aromatic carbocycles. The van der Waals surface area contributed by atoms with Crippen molar-refractivity contribution in [1.82, 2.24) is 10.3 Å². The van der Waals surface area contributed by atoms with Crippen LogP contribution in [0.25, 0.3) is 10.9 Å². The number of methoxy groups -OCH3 is 1. The summed E-state index contributed by atoms with van der Waals surface area (Å²) in [7, 11) is 1.68. The van der Waals surface area contributed by atoms with E-state index in [1.54, 1.807) is 7.11 Å². The Labute approximate surface area is 124 Å². The smallest absolute Gasteiger partial charge is 0.170 e. The summed E-state index contributed by atoms with van der Waals surface area (Å²) in [5.41, 5.74) is 2.14. The van der Waals surface area contributed by atoms with Crippen molar-refractivity contribution in [3.8, 4) is 5.75 Å². The van der Waals surface area contributed by atoms with Crippen molar-refractivity contribution in [1.29, 1.82) is 0 Å². The summed E-state index contributed by atoms with van der Waals surface area (Å²) < 4.78 is 16.7. The molecule has 2 heterocycles. The van der Waals surface area contributed by atoms with Gasteiger partial charge in [0.1, 0.15) is 5.75 Å². The van der Waals surface area contributed by atoms with E-state index in [1.165, 1.54) is 10.9 Å². The van der Waals surface area contributed by atoms with Crippen molar-refractivity contribution in [3.63, 3.8) is 0 Å². The van der Waals surface area contributed by atoms with Gasteiger partial charge in [-0.15, -0.1) is 0 Å². The maximum Gasteiger partial charge on any atom is 0.170 e. The zero-order chi connectivity index (χ0) is 14.9. The molecule has 1 fully saturated rings. The molecule has 1 aromatic heterocycles. The number of benzene rings is 1. The molecule has 0 amide bonds. The summed E-state index contributed by atoms with van der Waals surface area (Å²) in [4.78, 5) is 3.27. The molecule has 0 spiro atoms. The lowest BCUT2D eigenvalue weighted by Gasteiger charge is -2.16. The third-order valence-corrected chi connectivity index (χ3v) is 3.67. The number of rotatable bonds is 5. The first-order valence-electron chi connectivity index (χ1n) is 7.21. The molecule has 21 heavy (non-hydrogen) atoms. The van der Waals surface area contributed by atoms with Gasteiger partial charge in [-0.2, -0.15) is 0 Å². The number of hydrogen-bond acceptors (Lipinski definition) is 4. The van der Waals surface area contributed by atoms with Crippen LogP contribution in [0.2, 0.25) is 0 Å². The molecule has 1 aliphatic heterocycles. The monoisotopic (exact) mass is 290 g/mol. The van der Waals surface area contributed by atoms with Gasteiger partial charge in [0.25, 0.3) is 0 Å². The average molecular weight is 290 g/mol. The van der Waals surface area contributed by atoms with Gasteiger partial charge in [-0.05, 0) is 37.6 Å². The molecule has 0 saturated carbocycles. The van der Waals surface area contributed by atoms with Crippen LogP contribution in [0.1, 0.15) is 19.4 Å². The number of hydrogen-bond donors (Lipinski definition) is 2. The van der Waals surface area contributed by atoms with Crippen LogP contribution in [0.5, 0.6) is 5.75 Å². The van der Waals surface area contributed by atoms with Crippen LogP contribution in [0, 0.1) is 0 Å². The predicted molar refractivity (Wildman–Crippen MR) is 81.5 cm³/mol. The molecule has 0 radical (unpaired) electrons. The van der Waals surface area contributed by atoms with Gasteiger partial charge < -0.3 is 24.5 Å². The van der Waals surface area contributed by atoms with Crippen molar-refractivity contribution in [2.24, 2.45) is 0 Å². The maximum absolute atomic E-state index is 5.78. The average Bonchev–Trinajstić information content (AvgIpc) is 3.02. The van der Waals surface area contributed by atoms with Gasteiger partial charge in [0, 0.05) is 30.2 Å². The SMILES string of the molecule is COc1ccc2[nH]cc(CNCC3OCC(C)(C)O3)c2c1. The van der Waals surface area contributed by atoms with Crippen LogP contribution in [0.3, 0.4) is 0 Å². The molecule has 114 valence electrons. The zero-order valence-electron chi connectivity index (χ0n) is 12.7. The minimum absolute atomic E-state index is 0.167. The first-order valence-corrected chi connectivity index (χ1v) is 7.21. The van der Waals surface area contributed by atoms with Crippen LogP contribution in [-0.4, -0.2) is 37.1 Å². The van der Waals surface area contributed by atoms with Gasteiger partial charge in [-0.3, -0.25) is 0 Å². The van der Waals surface area contributed by atoms with Gasteiger partial charge >= 0.3 is 0 Å². The van der Waals surface area contributed by atoms with E-state index in [9.17, 15) is 0 Å². The molecule has 2 aromatic rings. The van der Waals surface area contributed by atoms with E-state index in [4.69, 9.17) is 14.2 Å². The van der Waals surface area contributed by atoms with Crippen LogP contribution < -0.4 is 10.1 Å². The van der Waals surface area contributed by atoms with Crippen LogP contribution in [0.15, 0.2) is 24.4 Å². The Morgan fingerprint density at radius 1 is 1.43 bits per heavy atom. The van der Waals surface area contributed by atoms with Gasteiger partial charge in [-0.25, -0.2) is 0 Å². The summed E-state index contributed by atoms with van der Waals surface area (Å²) in [6.45, 7) is 6.17. The molecule has 1 atom stereocenters. The molecule has 1 aliphatic rings. The predicted octanol–water partition coefficient (Wildman–Crippen LogP) is 2.42. The zero-order valence-corrected chi connectivity index (χ0v) is 12.7. The van der Waals surface area contributed by atoms with Crippen LogP contribution in [-0.2, 0) is 16.0 Å². The lowest BCUT2D eigenvalue weighted by molar-refractivity contribution is -0.0755. The Morgan fingerprint density at radius 2 is 2.29 bits per heavy atom. The highest BCUT2D eigenvalue weighted by Crippen LogP contribution is 2.24. The summed E-state index contributed by atoms with van der Waals surface area (Å²) >= 11 is 0. The number of aromatic nitrogens is 1. The molecular weight excluding hydrogens is 268 g/mol. The second-order valence-electron chi connectivity index (χ2n) is 5.97. The maximum atomic E-state index is 5.78. The first kappa shape index (κ1) is 14.4. The molecule has 5 heteroatoms. The third-order valence-electron chi connectivity index (χ3n) is 3.67. The molecule has 0 bridgehead atoms. The van der Waals surface area contributed by atoms with E-state index >= 15 is 0 Å². The number of aromatic amines is 1. The fourth-order valence-electron chi connectivity index (χ4n) is 2.57. The summed E-state index contributed by atoms with van der Waals surface area (Å²) in [6, 6.07) is 6.04. The molecule has 0 aliphatic carbocycles. The van der Waals surface area contributed by atoms with Crippen molar-refractivity contribution >= 4 is 10.9 Å². The first-order chi connectivity index (χ1) is 10.1. The van der Waals surface area contributed by atoms with Crippen molar-refractivity contribution in [2.45, 2.75) is 32.3 Å². The van der Waals surface area contributed by atoms with Crippen LogP contribution >= 0.6 is 0 Å². The molecular formula is C16H22N2O3. The number of H-pyrrole nitrogens is 1. The Kier molecular flexibility index (Phi) is 3.89. The van der Waals surface area contributed by atoms with E-state index in [-0.39, 0.29) is 11.9 Å². The Bertz CT molecular complexity index is 621. The minimum Gasteiger partial charge on any atom is -0.497 e. The second kappa shape index (κ2) is 5.67. The van der Waals surface area contributed by atoms with E-state index in [1.807, 2.05) is 32.2 Å². The van der Waals surface area contributed by atoms with Gasteiger partial charge in [0.05, 0.1) is 19.3 Å². The highest BCUT2D eigenvalue weighted by molar-refractivity contribution is 5.84. The lowest BCUT2D eigenvalue weighted by Crippen LogP contribution is -2.29. The van der Waals surface area contributed by atoms with Crippen molar-refractivity contribution in [3.05, 3.63) is 30.0 Å². The van der Waals surface area contributed by atoms with Gasteiger partial charge in [-0.1, -0.05) is 0 Å². The Hall–Kier alpha value is -1.56. The van der Waals surface area contributed by atoms with E-state index in [0.717, 1.165) is 17.8 Å². The van der Waals surface area contributed by atoms with E-state index in [2.05, 4.69) is 16.4 Å². The fourth-order valence-corrected chi connectivity index (χ4v) is 2.57. The number of nitrogens with one attached hydrogen (secondary N) is 2. The standard InChI is InChI=1S/C16H22N2O3/c1-16(2)10-20-15(21-16)9-17-7-11-8-18-14-5-4-12(19-3)6-13(11)14/h4-6,8,15,17-18H,7,9-10H2,1-3H3. The fraction of sp³-hybridized carbons (Fsp3) is 0.500. The van der Waals surface area contributed by atoms with E-state index < -0.39 is 0 Å². The van der Waals surface area contributed by atoms with Crippen molar-refractivity contribution in [2.75, 3.05) is 20.3 Å². The van der Waals surface area contributed by atoms with Gasteiger partial charge in [0.2, 0.25) is 0 Å². The largest absolute Gasteiger partial charge is 0.497 e. The van der Waals surface area contributed by atoms with Crippen LogP contribution in [0.4, 0.5) is 0 Å². The lowest BCUT2D eigenvalue weighted by atomic mass is 10.1. The summed E-state index contributed by atoms with van der Waals surface area (Å²) in [5.74, 6) is 0.868. The molecule has 3 rings (SSSR count). The van der Waals surface area contributed by atoms with Gasteiger partial charge in [0.15, 0.2) is 6.29 Å². The topological polar surface area (TPSA) is 55.5 Å². The molecule has 1 saturated heterocycles. The third kappa shape index (κ3) is 3.20. The highest BCUT2D eigenvalue weighted by atomic mass is 16.7. The Balaban J connectivity index is 1.60. The van der Waals surface area contributed by atoms with Crippen molar-refractivity contribution < 1.29 is 14.2 Å². The normalized spacial score (nSPS) is 21.0. The van der Waals surface area contributed by atoms with E-state index in [0.29, 0.717) is 13.2 Å². The molecule has 2 N–H and O–H groups in total. The minimum atomic E-state index is -0.180. The number of ether oxygens (including phenoxy) is 3. The quantitative estimate of drug-likeness (QED) is 0.888. The molecule has 1 unspecified atom stereocenters. The second-order valence-corrected chi connectivity index (χ2v) is 5.97.